The van der Waals surface area contributed by atoms with E-state index >= 15 is 0 Å². The standard InChI is InChI=1S/C15H11N5O2S/c1-8-9(2)23-15-13(8)14(17-7-18-15)19-12-4-3-11(20(21)22)5-10(12)6-16/h3-5,7H,1-2H3,(H,17,18,19). The molecule has 0 aliphatic heterocycles. The van der Waals surface area contributed by atoms with Gasteiger partial charge in [0.15, 0.2) is 0 Å². The van der Waals surface area contributed by atoms with E-state index in [4.69, 9.17) is 0 Å². The number of anilines is 2. The molecule has 1 N–H and O–H groups in total. The molecule has 3 aromatic rings. The van der Waals surface area contributed by atoms with E-state index in [2.05, 4.69) is 15.3 Å². The van der Waals surface area contributed by atoms with Gasteiger partial charge < -0.3 is 5.32 Å². The molecule has 0 amide bonds. The van der Waals surface area contributed by atoms with E-state index in [9.17, 15) is 15.4 Å². The van der Waals surface area contributed by atoms with E-state index in [1.807, 2.05) is 19.9 Å². The summed E-state index contributed by atoms with van der Waals surface area (Å²) >= 11 is 1.57. The largest absolute Gasteiger partial charge is 0.338 e. The average Bonchev–Trinajstić information content (AvgIpc) is 2.83. The molecule has 0 unspecified atom stereocenters. The molecule has 0 fully saturated rings. The molecule has 0 spiro atoms. The first-order valence-electron chi connectivity index (χ1n) is 6.67. The van der Waals surface area contributed by atoms with E-state index in [0.717, 1.165) is 20.7 Å². The Balaban J connectivity index is 2.10. The van der Waals surface area contributed by atoms with Gasteiger partial charge in [0.2, 0.25) is 0 Å². The Morgan fingerprint density at radius 2 is 2.13 bits per heavy atom. The maximum Gasteiger partial charge on any atom is 0.270 e. The van der Waals surface area contributed by atoms with Crippen molar-refractivity contribution in [3.8, 4) is 6.07 Å². The normalized spacial score (nSPS) is 10.5. The predicted octanol–water partition coefficient (Wildman–Crippen LogP) is 3.83. The molecule has 8 heteroatoms. The molecule has 0 atom stereocenters. The van der Waals surface area contributed by atoms with Crippen LogP contribution >= 0.6 is 11.3 Å². The van der Waals surface area contributed by atoms with Gasteiger partial charge in [0.05, 0.1) is 21.6 Å². The second-order valence-electron chi connectivity index (χ2n) is 4.91. The molecule has 0 aliphatic rings. The smallest absolute Gasteiger partial charge is 0.270 e. The fraction of sp³-hybridized carbons (Fsp3) is 0.133. The fourth-order valence-electron chi connectivity index (χ4n) is 2.25. The Labute approximate surface area is 135 Å². The Morgan fingerprint density at radius 3 is 2.83 bits per heavy atom. The van der Waals surface area contributed by atoms with Crippen LogP contribution in [0.3, 0.4) is 0 Å². The number of nitriles is 1. The zero-order valence-corrected chi connectivity index (χ0v) is 13.1. The first-order valence-corrected chi connectivity index (χ1v) is 7.49. The number of nitro benzene ring substituents is 1. The number of nitrogens with one attached hydrogen (secondary N) is 1. The molecule has 23 heavy (non-hydrogen) atoms. The number of aryl methyl sites for hydroxylation is 2. The second-order valence-corrected chi connectivity index (χ2v) is 6.11. The molecule has 3 rings (SSSR count). The van der Waals surface area contributed by atoms with E-state index in [1.165, 1.54) is 24.5 Å². The highest BCUT2D eigenvalue weighted by Crippen LogP contribution is 2.34. The number of benzene rings is 1. The van der Waals surface area contributed by atoms with Crippen molar-refractivity contribution in [3.63, 3.8) is 0 Å². The summed E-state index contributed by atoms with van der Waals surface area (Å²) in [5.74, 6) is 0.585. The molecule has 0 radical (unpaired) electrons. The number of aromatic nitrogens is 2. The molecule has 2 aromatic heterocycles. The second kappa shape index (κ2) is 5.62. The summed E-state index contributed by atoms with van der Waals surface area (Å²) in [6, 6.07) is 6.08. The summed E-state index contributed by atoms with van der Waals surface area (Å²) in [6.07, 6.45) is 1.46. The molecular formula is C15H11N5O2S. The Kier molecular flexibility index (Phi) is 3.64. The highest BCUT2D eigenvalue weighted by atomic mass is 32.1. The first kappa shape index (κ1) is 14.9. The molecule has 1 aromatic carbocycles. The van der Waals surface area contributed by atoms with Gasteiger partial charge in [0.1, 0.15) is 23.0 Å². The molecule has 0 bridgehead atoms. The summed E-state index contributed by atoms with van der Waals surface area (Å²) in [5.41, 5.74) is 1.62. The number of nitrogens with zero attached hydrogens (tertiary/aromatic N) is 4. The quantitative estimate of drug-likeness (QED) is 0.579. The Bertz CT molecular complexity index is 974. The molecule has 0 saturated heterocycles. The van der Waals surface area contributed by atoms with Crippen LogP contribution in [-0.4, -0.2) is 14.9 Å². The van der Waals surface area contributed by atoms with Gasteiger partial charge in [-0.25, -0.2) is 9.97 Å². The van der Waals surface area contributed by atoms with Crippen molar-refractivity contribution in [3.05, 3.63) is 50.6 Å². The lowest BCUT2D eigenvalue weighted by Crippen LogP contribution is -1.99. The summed E-state index contributed by atoms with van der Waals surface area (Å²) in [6.45, 7) is 4.00. The van der Waals surface area contributed by atoms with Gasteiger partial charge in [-0.15, -0.1) is 11.3 Å². The first-order chi connectivity index (χ1) is 11.0. The van der Waals surface area contributed by atoms with Gasteiger partial charge in [-0.1, -0.05) is 0 Å². The van der Waals surface area contributed by atoms with Crippen LogP contribution in [0.15, 0.2) is 24.5 Å². The van der Waals surface area contributed by atoms with Gasteiger partial charge in [0.25, 0.3) is 5.69 Å². The summed E-state index contributed by atoms with van der Waals surface area (Å²) in [5, 5.41) is 24.0. The number of thiophene rings is 1. The molecule has 2 heterocycles. The maximum absolute atomic E-state index is 10.8. The molecule has 7 nitrogen and oxygen atoms in total. The van der Waals surface area contributed by atoms with E-state index in [0.29, 0.717) is 11.5 Å². The van der Waals surface area contributed by atoms with Gasteiger partial charge >= 0.3 is 0 Å². The van der Waals surface area contributed by atoms with Crippen LogP contribution in [0.5, 0.6) is 0 Å². The minimum Gasteiger partial charge on any atom is -0.338 e. The minimum atomic E-state index is -0.528. The van der Waals surface area contributed by atoms with E-state index < -0.39 is 4.92 Å². The lowest BCUT2D eigenvalue weighted by Gasteiger charge is -2.08. The fourth-order valence-corrected chi connectivity index (χ4v) is 3.25. The highest BCUT2D eigenvalue weighted by Gasteiger charge is 2.15. The topological polar surface area (TPSA) is 105 Å². The van der Waals surface area contributed by atoms with E-state index in [-0.39, 0.29) is 11.3 Å². The van der Waals surface area contributed by atoms with Crippen LogP contribution in [0.1, 0.15) is 16.0 Å². The van der Waals surface area contributed by atoms with Crippen LogP contribution in [-0.2, 0) is 0 Å². The van der Waals surface area contributed by atoms with Crippen molar-refractivity contribution in [1.29, 1.82) is 5.26 Å². The van der Waals surface area contributed by atoms with Crippen molar-refractivity contribution >= 4 is 38.7 Å². The van der Waals surface area contributed by atoms with Crippen LogP contribution in [0.2, 0.25) is 0 Å². The van der Waals surface area contributed by atoms with E-state index in [1.54, 1.807) is 11.3 Å². The van der Waals surface area contributed by atoms with Crippen LogP contribution in [0, 0.1) is 35.3 Å². The summed E-state index contributed by atoms with van der Waals surface area (Å²) < 4.78 is 0. The SMILES string of the molecule is Cc1sc2ncnc(Nc3ccc([N+](=O)[O-])cc3C#N)c2c1C. The van der Waals surface area contributed by atoms with Crippen molar-refractivity contribution < 1.29 is 4.92 Å². The van der Waals surface area contributed by atoms with Crippen LogP contribution < -0.4 is 5.32 Å². The van der Waals surface area contributed by atoms with Gasteiger partial charge in [-0.2, -0.15) is 5.26 Å². The number of rotatable bonds is 3. The van der Waals surface area contributed by atoms with Crippen molar-refractivity contribution in [2.45, 2.75) is 13.8 Å². The number of hydrogen-bond acceptors (Lipinski definition) is 7. The van der Waals surface area contributed by atoms with Gasteiger partial charge in [-0.05, 0) is 25.5 Å². The molecule has 0 saturated carbocycles. The highest BCUT2D eigenvalue weighted by molar-refractivity contribution is 7.18. The number of nitro groups is 1. The third-order valence-electron chi connectivity index (χ3n) is 3.55. The zero-order chi connectivity index (χ0) is 16.6. The lowest BCUT2D eigenvalue weighted by atomic mass is 10.1. The van der Waals surface area contributed by atoms with Crippen LogP contribution in [0.4, 0.5) is 17.2 Å². The number of hydrogen-bond donors (Lipinski definition) is 1. The van der Waals surface area contributed by atoms with Gasteiger partial charge in [0, 0.05) is 17.0 Å². The van der Waals surface area contributed by atoms with Crippen LogP contribution in [0.25, 0.3) is 10.2 Å². The Hall–Kier alpha value is -3.05. The molecule has 0 aliphatic carbocycles. The predicted molar refractivity (Wildman–Crippen MR) is 88.0 cm³/mol. The van der Waals surface area contributed by atoms with Crippen molar-refractivity contribution in [2.24, 2.45) is 0 Å². The monoisotopic (exact) mass is 325 g/mol. The third-order valence-corrected chi connectivity index (χ3v) is 4.67. The van der Waals surface area contributed by atoms with Crippen molar-refractivity contribution in [2.75, 3.05) is 5.32 Å². The number of fused-ring (bicyclic) bond motifs is 1. The Morgan fingerprint density at radius 1 is 1.35 bits per heavy atom. The van der Waals surface area contributed by atoms with Crippen molar-refractivity contribution in [1.82, 2.24) is 9.97 Å². The lowest BCUT2D eigenvalue weighted by molar-refractivity contribution is -0.384. The summed E-state index contributed by atoms with van der Waals surface area (Å²) in [4.78, 5) is 20.8. The number of non-ortho nitro benzene ring substituents is 1. The minimum absolute atomic E-state index is 0.123. The maximum atomic E-state index is 10.8. The van der Waals surface area contributed by atoms with Gasteiger partial charge in [-0.3, -0.25) is 10.1 Å². The molecule has 114 valence electrons. The third kappa shape index (κ3) is 2.58. The zero-order valence-electron chi connectivity index (χ0n) is 12.3. The molecular weight excluding hydrogens is 314 g/mol. The summed E-state index contributed by atoms with van der Waals surface area (Å²) in [7, 11) is 0. The average molecular weight is 325 g/mol.